The van der Waals surface area contributed by atoms with Gasteiger partial charge in [0.15, 0.2) is 5.16 Å². The number of benzene rings is 1. The normalized spacial score (nSPS) is 16.5. The van der Waals surface area contributed by atoms with Crippen molar-refractivity contribution in [2.45, 2.75) is 63.6 Å². The predicted octanol–water partition coefficient (Wildman–Crippen LogP) is 4.56. The van der Waals surface area contributed by atoms with Crippen LogP contribution in [0.25, 0.3) is 11.0 Å². The summed E-state index contributed by atoms with van der Waals surface area (Å²) in [6.45, 7) is 3.50. The molecule has 1 atom stereocenters. The van der Waals surface area contributed by atoms with Crippen LogP contribution >= 0.6 is 11.8 Å². The SMILES string of the molecule is CCCCCCCC(=O)N1CCC(CSc2nc3cc(F)ccc3n2CC(=O)O)C1. The number of amides is 1. The number of carbonyl (C=O) groups excluding carboxylic acids is 1. The Hall–Kier alpha value is -2.09. The maximum absolute atomic E-state index is 13.5. The van der Waals surface area contributed by atoms with Crippen molar-refractivity contribution in [3.63, 3.8) is 0 Å². The molecule has 1 saturated heterocycles. The van der Waals surface area contributed by atoms with Gasteiger partial charge in [0.25, 0.3) is 0 Å². The van der Waals surface area contributed by atoms with Gasteiger partial charge in [-0.15, -0.1) is 0 Å². The van der Waals surface area contributed by atoms with Crippen LogP contribution in [0.4, 0.5) is 4.39 Å². The standard InChI is InChI=1S/C22H30FN3O3S/c1-2-3-4-5-6-7-20(27)25-11-10-16(13-25)15-30-22-24-18-12-17(23)8-9-19(18)26(22)14-21(28)29/h8-9,12,16H,2-7,10-11,13-15H2,1H3,(H,28,29). The fraction of sp³-hybridized carbons (Fsp3) is 0.591. The molecule has 8 heteroatoms. The topological polar surface area (TPSA) is 75.4 Å². The van der Waals surface area contributed by atoms with Gasteiger partial charge in [0.05, 0.1) is 11.0 Å². The Bertz CT molecular complexity index is 886. The van der Waals surface area contributed by atoms with Gasteiger partial charge in [-0.3, -0.25) is 9.59 Å². The van der Waals surface area contributed by atoms with E-state index in [4.69, 9.17) is 0 Å². The highest BCUT2D eigenvalue weighted by Crippen LogP contribution is 2.29. The number of nitrogens with zero attached hydrogens (tertiary/aromatic N) is 3. The number of thioether (sulfide) groups is 1. The molecule has 0 radical (unpaired) electrons. The van der Waals surface area contributed by atoms with Gasteiger partial charge in [0, 0.05) is 31.3 Å². The van der Waals surface area contributed by atoms with Crippen LogP contribution in [0.1, 0.15) is 51.9 Å². The molecule has 6 nitrogen and oxygen atoms in total. The molecule has 1 aliphatic heterocycles. The quantitative estimate of drug-likeness (QED) is 0.414. The number of unbranched alkanes of at least 4 members (excludes halogenated alkanes) is 4. The second-order valence-corrected chi connectivity index (χ2v) is 8.96. The van der Waals surface area contributed by atoms with Crippen molar-refractivity contribution in [2.75, 3.05) is 18.8 Å². The number of hydrogen-bond acceptors (Lipinski definition) is 4. The molecule has 2 heterocycles. The van der Waals surface area contributed by atoms with Crippen molar-refractivity contribution in [1.29, 1.82) is 0 Å². The molecule has 1 N–H and O–H groups in total. The molecule has 1 amide bonds. The molecule has 0 spiro atoms. The Morgan fingerprint density at radius 2 is 2.07 bits per heavy atom. The number of halogens is 1. The Kier molecular flexibility index (Phi) is 8.13. The van der Waals surface area contributed by atoms with Crippen LogP contribution in [0, 0.1) is 11.7 Å². The number of fused-ring (bicyclic) bond motifs is 1. The summed E-state index contributed by atoms with van der Waals surface area (Å²) in [5.74, 6) is 0.00304. The molecule has 1 aromatic carbocycles. The zero-order valence-corrected chi connectivity index (χ0v) is 18.3. The van der Waals surface area contributed by atoms with Gasteiger partial charge in [-0.2, -0.15) is 0 Å². The molecular formula is C22H30FN3O3S. The molecule has 1 fully saturated rings. The zero-order valence-electron chi connectivity index (χ0n) is 17.5. The highest BCUT2D eigenvalue weighted by Gasteiger charge is 2.26. The van der Waals surface area contributed by atoms with Crippen molar-refractivity contribution >= 4 is 34.7 Å². The maximum atomic E-state index is 13.5. The van der Waals surface area contributed by atoms with Crippen LogP contribution in [0.15, 0.2) is 23.4 Å². The number of aromatic nitrogens is 2. The number of carboxylic acids is 1. The summed E-state index contributed by atoms with van der Waals surface area (Å²) in [5, 5.41) is 9.82. The highest BCUT2D eigenvalue weighted by molar-refractivity contribution is 7.99. The molecule has 1 aromatic heterocycles. The van der Waals surface area contributed by atoms with Gasteiger partial charge in [-0.25, -0.2) is 9.37 Å². The Morgan fingerprint density at radius 1 is 1.27 bits per heavy atom. The molecular weight excluding hydrogens is 405 g/mol. The molecule has 0 aliphatic carbocycles. The van der Waals surface area contributed by atoms with Crippen LogP contribution in [0.2, 0.25) is 0 Å². The van der Waals surface area contributed by atoms with Crippen molar-refractivity contribution in [2.24, 2.45) is 5.92 Å². The number of carboxylic acid groups (broad SMARTS) is 1. The van der Waals surface area contributed by atoms with Gasteiger partial charge < -0.3 is 14.6 Å². The number of likely N-dealkylation sites (tertiary alicyclic amines) is 1. The second kappa shape index (κ2) is 10.8. The van der Waals surface area contributed by atoms with E-state index < -0.39 is 11.8 Å². The van der Waals surface area contributed by atoms with Crippen molar-refractivity contribution in [3.05, 3.63) is 24.0 Å². The average Bonchev–Trinajstić information content (AvgIpc) is 3.30. The number of carbonyl (C=O) groups is 2. The molecule has 30 heavy (non-hydrogen) atoms. The van der Waals surface area contributed by atoms with Crippen LogP contribution in [-0.2, 0) is 16.1 Å². The predicted molar refractivity (Wildman–Crippen MR) is 116 cm³/mol. The van der Waals surface area contributed by atoms with Crippen molar-refractivity contribution < 1.29 is 19.1 Å². The van der Waals surface area contributed by atoms with Crippen LogP contribution < -0.4 is 0 Å². The molecule has 164 valence electrons. The number of imidazole rings is 1. The van der Waals surface area contributed by atoms with Crippen LogP contribution in [0.3, 0.4) is 0 Å². The third kappa shape index (κ3) is 5.97. The van der Waals surface area contributed by atoms with E-state index in [1.165, 1.54) is 43.2 Å². The van der Waals surface area contributed by atoms with E-state index in [0.717, 1.165) is 38.1 Å². The van der Waals surface area contributed by atoms with E-state index in [0.29, 0.717) is 28.5 Å². The summed E-state index contributed by atoms with van der Waals surface area (Å²) >= 11 is 1.49. The van der Waals surface area contributed by atoms with Gasteiger partial charge in [-0.1, -0.05) is 44.4 Å². The summed E-state index contributed by atoms with van der Waals surface area (Å²) in [5.41, 5.74) is 1.08. The summed E-state index contributed by atoms with van der Waals surface area (Å²) < 4.78 is 15.2. The van der Waals surface area contributed by atoms with E-state index in [-0.39, 0.29) is 12.5 Å². The lowest BCUT2D eigenvalue weighted by Gasteiger charge is -2.16. The lowest BCUT2D eigenvalue weighted by molar-refractivity contribution is -0.137. The second-order valence-electron chi connectivity index (χ2n) is 7.98. The van der Waals surface area contributed by atoms with Crippen molar-refractivity contribution in [1.82, 2.24) is 14.5 Å². The highest BCUT2D eigenvalue weighted by atomic mass is 32.2. The number of rotatable bonds is 11. The summed E-state index contributed by atoms with van der Waals surface area (Å²) in [4.78, 5) is 30.1. The minimum absolute atomic E-state index is 0.211. The first-order chi connectivity index (χ1) is 14.5. The maximum Gasteiger partial charge on any atom is 0.323 e. The minimum Gasteiger partial charge on any atom is -0.480 e. The van der Waals surface area contributed by atoms with Gasteiger partial charge in [-0.05, 0) is 30.9 Å². The molecule has 1 unspecified atom stereocenters. The van der Waals surface area contributed by atoms with E-state index in [2.05, 4.69) is 11.9 Å². The molecule has 3 rings (SSSR count). The van der Waals surface area contributed by atoms with E-state index >= 15 is 0 Å². The Morgan fingerprint density at radius 3 is 2.83 bits per heavy atom. The third-order valence-corrected chi connectivity index (χ3v) is 6.76. The van der Waals surface area contributed by atoms with E-state index in [9.17, 15) is 19.1 Å². The Labute approximate surface area is 180 Å². The smallest absolute Gasteiger partial charge is 0.323 e. The van der Waals surface area contributed by atoms with Gasteiger partial charge in [0.2, 0.25) is 5.91 Å². The lowest BCUT2D eigenvalue weighted by Crippen LogP contribution is -2.28. The average molecular weight is 436 g/mol. The Balaban J connectivity index is 1.54. The van der Waals surface area contributed by atoms with Crippen LogP contribution in [-0.4, -0.2) is 50.3 Å². The van der Waals surface area contributed by atoms with Gasteiger partial charge >= 0.3 is 5.97 Å². The zero-order chi connectivity index (χ0) is 21.5. The fourth-order valence-electron chi connectivity index (χ4n) is 3.90. The summed E-state index contributed by atoms with van der Waals surface area (Å²) in [7, 11) is 0. The van der Waals surface area contributed by atoms with E-state index in [1.807, 2.05) is 4.90 Å². The monoisotopic (exact) mass is 435 g/mol. The summed E-state index contributed by atoms with van der Waals surface area (Å²) in [6.07, 6.45) is 7.29. The van der Waals surface area contributed by atoms with Gasteiger partial charge in [0.1, 0.15) is 12.4 Å². The first-order valence-corrected chi connectivity index (χ1v) is 11.7. The largest absolute Gasteiger partial charge is 0.480 e. The first kappa shape index (κ1) is 22.6. The van der Waals surface area contributed by atoms with Crippen LogP contribution in [0.5, 0.6) is 0 Å². The van der Waals surface area contributed by atoms with Crippen molar-refractivity contribution in [3.8, 4) is 0 Å². The van der Waals surface area contributed by atoms with E-state index in [1.54, 1.807) is 10.6 Å². The lowest BCUT2D eigenvalue weighted by atomic mass is 10.1. The first-order valence-electron chi connectivity index (χ1n) is 10.8. The number of hydrogen-bond donors (Lipinski definition) is 1. The molecule has 0 saturated carbocycles. The minimum atomic E-state index is -0.961. The third-order valence-electron chi connectivity index (χ3n) is 5.55. The summed E-state index contributed by atoms with van der Waals surface area (Å²) in [6, 6.07) is 4.22. The fourth-order valence-corrected chi connectivity index (χ4v) is 5.04. The molecule has 1 aliphatic rings. The molecule has 2 aromatic rings. The number of aliphatic carboxylic acids is 1. The molecule has 0 bridgehead atoms.